The molecule has 2 heterocycles. The molecule has 0 fully saturated rings. The predicted molar refractivity (Wildman–Crippen MR) is 241 cm³/mol. The molecular weight excluding hydrogens is 677 g/mol. The van der Waals surface area contributed by atoms with E-state index in [4.69, 9.17) is 9.97 Å². The standard InChI is InChI=1S/C54H36N2/c1-2-3-4-5-25-49-48-33-46(42-23-12-13-24-43(42)52(48)47-31-36-17-6-7-18-37(36)32-50(47)55-49)38-19-14-20-39(30-38)53-44-28-26-34-15-8-10-21-40(34)51(44)45-29-27-35-16-9-11-22-41(35)54(45)56-53/h2-7,9-14,16-33H,1,8,15H2/b4-3-,25-5+. The van der Waals surface area contributed by atoms with Gasteiger partial charge >= 0.3 is 0 Å². The van der Waals surface area contributed by atoms with Crippen LogP contribution in [0.2, 0.25) is 0 Å². The van der Waals surface area contributed by atoms with E-state index in [-0.39, 0.29) is 0 Å². The largest absolute Gasteiger partial charge is 0.248 e. The third kappa shape index (κ3) is 5.11. The molecule has 1 aliphatic carbocycles. The number of benzene rings is 8. The molecule has 0 bridgehead atoms. The molecule has 11 rings (SSSR count). The van der Waals surface area contributed by atoms with Gasteiger partial charge in [0.25, 0.3) is 0 Å². The Bertz CT molecular complexity index is 3380. The summed E-state index contributed by atoms with van der Waals surface area (Å²) in [5.74, 6) is 0. The minimum absolute atomic E-state index is 0.937. The molecule has 0 saturated carbocycles. The molecule has 0 saturated heterocycles. The number of aromatic nitrogens is 2. The van der Waals surface area contributed by atoms with Crippen LogP contribution in [-0.4, -0.2) is 9.97 Å². The van der Waals surface area contributed by atoms with Crippen molar-refractivity contribution in [2.75, 3.05) is 0 Å². The molecule has 2 nitrogen and oxygen atoms in total. The molecule has 1 aliphatic rings. The zero-order valence-corrected chi connectivity index (χ0v) is 30.8. The lowest BCUT2D eigenvalue weighted by Gasteiger charge is -2.19. The number of pyridine rings is 2. The van der Waals surface area contributed by atoms with Crippen LogP contribution < -0.4 is 0 Å². The summed E-state index contributed by atoms with van der Waals surface area (Å²) in [4.78, 5) is 10.9. The van der Waals surface area contributed by atoms with Crippen LogP contribution in [0.25, 0.3) is 110 Å². The number of fused-ring (bicyclic) bond motifs is 13. The van der Waals surface area contributed by atoms with Crippen molar-refractivity contribution >= 4 is 87.8 Å². The second-order valence-electron chi connectivity index (χ2n) is 14.8. The lowest BCUT2D eigenvalue weighted by atomic mass is 9.87. The third-order valence-electron chi connectivity index (χ3n) is 11.6. The van der Waals surface area contributed by atoms with Crippen LogP contribution in [0.5, 0.6) is 0 Å². The van der Waals surface area contributed by atoms with Crippen molar-refractivity contribution in [2.24, 2.45) is 0 Å². The van der Waals surface area contributed by atoms with Gasteiger partial charge in [-0.1, -0.05) is 158 Å². The Morgan fingerprint density at radius 2 is 1.29 bits per heavy atom. The van der Waals surface area contributed by atoms with E-state index in [0.29, 0.717) is 0 Å². The summed E-state index contributed by atoms with van der Waals surface area (Å²) in [6.07, 6.45) is 16.7. The van der Waals surface area contributed by atoms with Crippen LogP contribution >= 0.6 is 0 Å². The topological polar surface area (TPSA) is 25.8 Å². The van der Waals surface area contributed by atoms with Gasteiger partial charge in [-0.2, -0.15) is 0 Å². The Morgan fingerprint density at radius 1 is 0.518 bits per heavy atom. The summed E-state index contributed by atoms with van der Waals surface area (Å²) in [5, 5.41) is 14.4. The number of hydrogen-bond donors (Lipinski definition) is 0. The quantitative estimate of drug-likeness (QED) is 0.101. The minimum Gasteiger partial charge on any atom is -0.248 e. The molecule has 8 aromatic carbocycles. The molecule has 56 heavy (non-hydrogen) atoms. The lowest BCUT2D eigenvalue weighted by Crippen LogP contribution is -1.98. The number of rotatable bonds is 5. The second-order valence-corrected chi connectivity index (χ2v) is 14.8. The van der Waals surface area contributed by atoms with Crippen molar-refractivity contribution < 1.29 is 0 Å². The lowest BCUT2D eigenvalue weighted by molar-refractivity contribution is 0.990. The van der Waals surface area contributed by atoms with E-state index in [2.05, 4.69) is 170 Å². The van der Waals surface area contributed by atoms with Crippen molar-refractivity contribution in [3.8, 4) is 22.4 Å². The molecular formula is C54H36N2. The zero-order chi connectivity index (χ0) is 37.2. The summed E-state index contributed by atoms with van der Waals surface area (Å²) in [7, 11) is 0. The summed E-state index contributed by atoms with van der Waals surface area (Å²) in [5.41, 5.74) is 10.1. The van der Waals surface area contributed by atoms with Crippen molar-refractivity contribution in [1.29, 1.82) is 0 Å². The molecule has 262 valence electrons. The van der Waals surface area contributed by atoms with Crippen LogP contribution in [0, 0.1) is 0 Å². The van der Waals surface area contributed by atoms with Crippen LogP contribution in [0.3, 0.4) is 0 Å². The highest BCUT2D eigenvalue weighted by molar-refractivity contribution is 6.25. The van der Waals surface area contributed by atoms with E-state index in [1.54, 1.807) is 6.08 Å². The Kier molecular flexibility index (Phi) is 7.50. The average Bonchev–Trinajstić information content (AvgIpc) is 3.26. The van der Waals surface area contributed by atoms with E-state index in [9.17, 15) is 0 Å². The van der Waals surface area contributed by atoms with E-state index in [1.165, 1.54) is 70.6 Å². The first-order chi connectivity index (χ1) is 27.7. The fraction of sp³-hybridized carbons (Fsp3) is 0.0370. The minimum atomic E-state index is 0.937. The van der Waals surface area contributed by atoms with Gasteiger partial charge in [0.05, 0.1) is 22.4 Å². The first-order valence-electron chi connectivity index (χ1n) is 19.4. The van der Waals surface area contributed by atoms with E-state index in [1.807, 2.05) is 12.2 Å². The van der Waals surface area contributed by atoms with E-state index < -0.39 is 0 Å². The maximum Gasteiger partial charge on any atom is 0.0794 e. The van der Waals surface area contributed by atoms with Gasteiger partial charge in [0.2, 0.25) is 0 Å². The highest BCUT2D eigenvalue weighted by atomic mass is 14.7. The SMILES string of the molecule is C=C/C=C\C=C\c1nc2cc3ccccc3cc2c2c1cc(-c1cccc(-c3nc4c5ccccc5ccc4c4c5c(ccc34)CCC=C5)c1)c1ccccc12. The van der Waals surface area contributed by atoms with E-state index in [0.717, 1.165) is 57.2 Å². The maximum atomic E-state index is 5.56. The normalized spacial score (nSPS) is 13.1. The average molecular weight is 713 g/mol. The van der Waals surface area contributed by atoms with Gasteiger partial charge in [0, 0.05) is 43.3 Å². The molecule has 0 radical (unpaired) electrons. The highest BCUT2D eigenvalue weighted by Gasteiger charge is 2.20. The number of aryl methyl sites for hydroxylation is 1. The summed E-state index contributed by atoms with van der Waals surface area (Å²) in [6, 6.07) is 51.1. The highest BCUT2D eigenvalue weighted by Crippen LogP contribution is 2.43. The van der Waals surface area contributed by atoms with Gasteiger partial charge in [0.15, 0.2) is 0 Å². The van der Waals surface area contributed by atoms with Crippen molar-refractivity contribution in [3.63, 3.8) is 0 Å². The molecule has 0 aliphatic heterocycles. The Morgan fingerprint density at radius 3 is 2.16 bits per heavy atom. The van der Waals surface area contributed by atoms with E-state index >= 15 is 0 Å². The first-order valence-corrected chi connectivity index (χ1v) is 19.4. The van der Waals surface area contributed by atoms with Crippen LogP contribution in [0.1, 0.15) is 23.2 Å². The van der Waals surface area contributed by atoms with Gasteiger partial charge in [-0.05, 0) is 92.4 Å². The number of nitrogens with zero attached hydrogens (tertiary/aromatic N) is 2. The van der Waals surface area contributed by atoms with Crippen LogP contribution in [-0.2, 0) is 6.42 Å². The first kappa shape index (κ1) is 32.3. The molecule has 2 aromatic heterocycles. The Balaban J connectivity index is 1.20. The molecule has 0 atom stereocenters. The van der Waals surface area contributed by atoms with Gasteiger partial charge in [-0.15, -0.1) is 0 Å². The van der Waals surface area contributed by atoms with Gasteiger partial charge in [0.1, 0.15) is 0 Å². The van der Waals surface area contributed by atoms with Crippen molar-refractivity contribution in [1.82, 2.24) is 9.97 Å². The number of allylic oxidation sites excluding steroid dienone is 5. The fourth-order valence-corrected chi connectivity index (χ4v) is 9.04. The third-order valence-corrected chi connectivity index (χ3v) is 11.6. The molecule has 0 spiro atoms. The monoisotopic (exact) mass is 712 g/mol. The smallest absolute Gasteiger partial charge is 0.0794 e. The Labute approximate surface area is 325 Å². The predicted octanol–water partition coefficient (Wildman–Crippen LogP) is 14.6. The second kappa shape index (κ2) is 13.0. The molecule has 0 N–H and O–H groups in total. The van der Waals surface area contributed by atoms with Crippen molar-refractivity contribution in [3.05, 3.63) is 193 Å². The van der Waals surface area contributed by atoms with Gasteiger partial charge < -0.3 is 0 Å². The fourth-order valence-electron chi connectivity index (χ4n) is 9.04. The molecule has 0 unspecified atom stereocenters. The molecule has 10 aromatic rings. The summed E-state index contributed by atoms with van der Waals surface area (Å²) in [6.45, 7) is 3.85. The van der Waals surface area contributed by atoms with Gasteiger partial charge in [-0.3, -0.25) is 0 Å². The van der Waals surface area contributed by atoms with Crippen molar-refractivity contribution in [2.45, 2.75) is 12.8 Å². The molecule has 2 heteroatoms. The summed E-state index contributed by atoms with van der Waals surface area (Å²) < 4.78 is 0. The maximum absolute atomic E-state index is 5.56. The van der Waals surface area contributed by atoms with Crippen LogP contribution in [0.15, 0.2) is 176 Å². The summed E-state index contributed by atoms with van der Waals surface area (Å²) >= 11 is 0. The Hall–Kier alpha value is -7.16. The van der Waals surface area contributed by atoms with Crippen LogP contribution in [0.4, 0.5) is 0 Å². The zero-order valence-electron chi connectivity index (χ0n) is 30.8. The van der Waals surface area contributed by atoms with Gasteiger partial charge in [-0.25, -0.2) is 9.97 Å². The number of hydrogen-bond acceptors (Lipinski definition) is 2. The molecule has 0 amide bonds.